The molecule has 0 N–H and O–H groups in total. The van der Waals surface area contributed by atoms with Crippen molar-refractivity contribution in [3.05, 3.63) is 52.4 Å². The van der Waals surface area contributed by atoms with Gasteiger partial charge in [0.05, 0.1) is 18.2 Å². The number of alkyl halides is 3. The molecule has 0 saturated heterocycles. The summed E-state index contributed by atoms with van der Waals surface area (Å²) in [5.41, 5.74) is -0.940. The van der Waals surface area contributed by atoms with Gasteiger partial charge in [-0.15, -0.1) is 0 Å². The molecule has 1 aromatic heterocycles. The van der Waals surface area contributed by atoms with Crippen LogP contribution in [0.5, 0.6) is 0 Å². The Kier molecular flexibility index (Phi) is 3.01. The lowest BCUT2D eigenvalue weighted by Crippen LogP contribution is -2.46. The van der Waals surface area contributed by atoms with Crippen molar-refractivity contribution in [2.75, 3.05) is 0 Å². The summed E-state index contributed by atoms with van der Waals surface area (Å²) in [6.07, 6.45) is -1.28. The molecule has 1 aromatic carbocycles. The molecule has 2 aromatic rings. The summed E-state index contributed by atoms with van der Waals surface area (Å²) < 4.78 is 46.4. The Labute approximate surface area is 121 Å². The molecule has 1 atom stereocenters. The maximum absolute atomic E-state index is 13.6. The molecule has 2 heterocycles. The third-order valence-corrected chi connectivity index (χ3v) is 3.97. The van der Waals surface area contributed by atoms with Crippen molar-refractivity contribution < 1.29 is 17.6 Å². The van der Waals surface area contributed by atoms with Crippen LogP contribution in [0.2, 0.25) is 0 Å². The van der Waals surface area contributed by atoms with E-state index in [2.05, 4.69) is 20.9 Å². The zero-order valence-electron chi connectivity index (χ0n) is 10.1. The first-order chi connectivity index (χ1) is 9.42. The smallest absolute Gasteiger partial charge is 0.403 e. The summed E-state index contributed by atoms with van der Waals surface area (Å²) >= 11 is 3.28. The summed E-state index contributed by atoms with van der Waals surface area (Å²) in [6.45, 7) is 0. The van der Waals surface area contributed by atoms with E-state index < -0.39 is 11.6 Å². The number of hydrogen-bond donors (Lipinski definition) is 0. The zero-order valence-corrected chi connectivity index (χ0v) is 11.7. The topological polar surface area (TPSA) is 25.5 Å². The van der Waals surface area contributed by atoms with Crippen molar-refractivity contribution >= 4 is 27.8 Å². The molecule has 0 spiro atoms. The second-order valence-corrected chi connectivity index (χ2v) is 5.60. The lowest BCUT2D eigenvalue weighted by atomic mass is 9.75. The fourth-order valence-corrected chi connectivity index (χ4v) is 2.79. The second-order valence-electron chi connectivity index (χ2n) is 4.69. The van der Waals surface area contributed by atoms with Gasteiger partial charge < -0.3 is 4.42 Å². The summed E-state index contributed by atoms with van der Waals surface area (Å²) in [5, 5.41) is 0. The predicted molar refractivity (Wildman–Crippen MR) is 72.4 cm³/mol. The van der Waals surface area contributed by atoms with E-state index in [-0.39, 0.29) is 12.0 Å². The highest BCUT2D eigenvalue weighted by Crippen LogP contribution is 2.46. The Morgan fingerprint density at radius 1 is 1.25 bits per heavy atom. The third-order valence-electron chi connectivity index (χ3n) is 3.48. The molecule has 0 unspecified atom stereocenters. The van der Waals surface area contributed by atoms with Crippen LogP contribution >= 0.6 is 15.9 Å². The van der Waals surface area contributed by atoms with Crippen molar-refractivity contribution in [3.8, 4) is 0 Å². The number of benzene rings is 1. The van der Waals surface area contributed by atoms with Gasteiger partial charge in [-0.3, -0.25) is 4.99 Å². The maximum Gasteiger partial charge on any atom is 0.403 e. The molecule has 0 radical (unpaired) electrons. The monoisotopic (exact) mass is 343 g/mol. The summed E-state index contributed by atoms with van der Waals surface area (Å²) in [4.78, 5) is 4.00. The number of fused-ring (bicyclic) bond motifs is 1. The van der Waals surface area contributed by atoms with Gasteiger partial charge in [-0.1, -0.05) is 15.9 Å². The van der Waals surface area contributed by atoms with Gasteiger partial charge in [0, 0.05) is 16.3 Å². The van der Waals surface area contributed by atoms with Crippen LogP contribution in [0.4, 0.5) is 18.9 Å². The van der Waals surface area contributed by atoms with Crippen LogP contribution in [0.25, 0.3) is 0 Å². The molecule has 1 aliphatic heterocycles. The molecule has 6 heteroatoms. The van der Waals surface area contributed by atoms with Gasteiger partial charge in [0.1, 0.15) is 5.41 Å². The molecule has 0 amide bonds. The first kappa shape index (κ1) is 13.4. The van der Waals surface area contributed by atoms with Crippen molar-refractivity contribution in [2.45, 2.75) is 18.0 Å². The first-order valence-electron chi connectivity index (χ1n) is 5.85. The Morgan fingerprint density at radius 3 is 2.70 bits per heavy atom. The summed E-state index contributed by atoms with van der Waals surface area (Å²) in [5.74, 6) is 0. The lowest BCUT2D eigenvalue weighted by molar-refractivity contribution is -0.168. The Morgan fingerprint density at radius 2 is 2.05 bits per heavy atom. The fourth-order valence-electron chi connectivity index (χ4n) is 2.38. The largest absolute Gasteiger partial charge is 0.472 e. The first-order valence-corrected chi connectivity index (χ1v) is 6.65. The number of nitrogens with zero attached hydrogens (tertiary/aromatic N) is 1. The molecule has 0 aliphatic carbocycles. The van der Waals surface area contributed by atoms with Gasteiger partial charge in [0.25, 0.3) is 0 Å². The van der Waals surface area contributed by atoms with E-state index in [1.54, 1.807) is 18.2 Å². The standard InChI is InChI=1S/C14H9BrF3NO/c15-11-1-2-12-9(5-11)6-13(8-19-12,14(16,17)18)10-3-4-20-7-10/h1-5,7-8H,6H2/t13-/m0/s1. The van der Waals surface area contributed by atoms with Gasteiger partial charge in [0.15, 0.2) is 0 Å². The van der Waals surface area contributed by atoms with E-state index in [1.165, 1.54) is 12.3 Å². The second kappa shape index (κ2) is 4.48. The van der Waals surface area contributed by atoms with Gasteiger partial charge >= 0.3 is 6.18 Å². The molecule has 1 aliphatic rings. The minimum absolute atomic E-state index is 0.0689. The van der Waals surface area contributed by atoms with Crippen LogP contribution in [-0.2, 0) is 11.8 Å². The lowest BCUT2D eigenvalue weighted by Gasteiger charge is -2.34. The van der Waals surface area contributed by atoms with E-state index in [4.69, 9.17) is 4.42 Å². The highest BCUT2D eigenvalue weighted by molar-refractivity contribution is 9.10. The average molecular weight is 344 g/mol. The quantitative estimate of drug-likeness (QED) is 0.730. The summed E-state index contributed by atoms with van der Waals surface area (Å²) in [6, 6.07) is 6.47. The number of furan rings is 1. The third kappa shape index (κ3) is 1.98. The molecule has 0 saturated carbocycles. The SMILES string of the molecule is FC(F)(F)[C@]1(c2ccoc2)C=Nc2ccc(Br)cc2C1. The van der Waals surface area contributed by atoms with Crippen LogP contribution in [0.15, 0.2) is 50.7 Å². The van der Waals surface area contributed by atoms with Gasteiger partial charge in [-0.25, -0.2) is 0 Å². The normalized spacial score (nSPS) is 21.8. The van der Waals surface area contributed by atoms with E-state index in [0.29, 0.717) is 11.3 Å². The highest BCUT2D eigenvalue weighted by Gasteiger charge is 2.56. The van der Waals surface area contributed by atoms with Crippen molar-refractivity contribution in [2.24, 2.45) is 4.99 Å². The van der Waals surface area contributed by atoms with Crippen LogP contribution in [-0.4, -0.2) is 12.4 Å². The zero-order chi connectivity index (χ0) is 14.4. The molecule has 104 valence electrons. The molecular formula is C14H9BrF3NO. The molecule has 0 fully saturated rings. The van der Waals surface area contributed by atoms with Crippen LogP contribution in [0, 0.1) is 0 Å². The molecular weight excluding hydrogens is 335 g/mol. The van der Waals surface area contributed by atoms with Crippen molar-refractivity contribution in [3.63, 3.8) is 0 Å². The maximum atomic E-state index is 13.6. The molecule has 3 rings (SSSR count). The van der Waals surface area contributed by atoms with Crippen molar-refractivity contribution in [1.82, 2.24) is 0 Å². The molecule has 20 heavy (non-hydrogen) atoms. The number of halogens is 4. The minimum atomic E-state index is -4.44. The van der Waals surface area contributed by atoms with Gasteiger partial charge in [-0.2, -0.15) is 13.2 Å². The van der Waals surface area contributed by atoms with Gasteiger partial charge in [0.2, 0.25) is 0 Å². The number of hydrogen-bond acceptors (Lipinski definition) is 2. The molecule has 0 bridgehead atoms. The van der Waals surface area contributed by atoms with Gasteiger partial charge in [-0.05, 0) is 36.2 Å². The van der Waals surface area contributed by atoms with E-state index in [9.17, 15) is 13.2 Å². The average Bonchev–Trinajstić information content (AvgIpc) is 2.90. The van der Waals surface area contributed by atoms with E-state index >= 15 is 0 Å². The highest BCUT2D eigenvalue weighted by atomic mass is 79.9. The van der Waals surface area contributed by atoms with Crippen molar-refractivity contribution in [1.29, 1.82) is 0 Å². The Hall–Kier alpha value is -1.56. The number of rotatable bonds is 1. The Balaban J connectivity index is 2.16. The number of aliphatic imine (C=N–C) groups is 1. The van der Waals surface area contributed by atoms with Crippen LogP contribution in [0.3, 0.4) is 0 Å². The van der Waals surface area contributed by atoms with Crippen LogP contribution in [0.1, 0.15) is 11.1 Å². The summed E-state index contributed by atoms with van der Waals surface area (Å²) in [7, 11) is 0. The van der Waals surface area contributed by atoms with E-state index in [0.717, 1.165) is 17.0 Å². The van der Waals surface area contributed by atoms with E-state index in [1.807, 2.05) is 0 Å². The predicted octanol–water partition coefficient (Wildman–Crippen LogP) is 4.80. The van der Waals surface area contributed by atoms with Crippen LogP contribution < -0.4 is 0 Å². The molecule has 2 nitrogen and oxygen atoms in total. The fraction of sp³-hybridized carbons (Fsp3) is 0.214. The Bertz CT molecular complexity index is 664. The minimum Gasteiger partial charge on any atom is -0.472 e.